The number of carbonyl (C=O) groups is 2. The fraction of sp³-hybridized carbons (Fsp3) is 0.889. The summed E-state index contributed by atoms with van der Waals surface area (Å²) in [5.74, 6) is 1.84. The van der Waals surface area contributed by atoms with E-state index in [1.165, 1.54) is 25.7 Å². The molecule has 0 aromatic rings. The Morgan fingerprint density at radius 1 is 1.00 bits per heavy atom. The lowest BCUT2D eigenvalue weighted by atomic mass is 9.88. The van der Waals surface area contributed by atoms with Crippen LogP contribution >= 0.6 is 11.8 Å². The summed E-state index contributed by atoms with van der Waals surface area (Å²) in [5.41, 5.74) is 0. The average Bonchev–Trinajstić information content (AvgIpc) is 3.12. The fourth-order valence-electron chi connectivity index (χ4n) is 4.10. The number of nitrogens with zero attached hydrogens (tertiary/aromatic N) is 2. The first-order valence-corrected chi connectivity index (χ1v) is 10.8. The lowest BCUT2D eigenvalue weighted by Gasteiger charge is -2.30. The minimum Gasteiger partial charge on any atom is -0.353 e. The molecule has 1 aliphatic carbocycles. The Morgan fingerprint density at radius 3 is 2.46 bits per heavy atom. The van der Waals surface area contributed by atoms with Crippen molar-refractivity contribution in [1.82, 2.24) is 15.1 Å². The van der Waals surface area contributed by atoms with Gasteiger partial charge in [-0.3, -0.25) is 9.59 Å². The third kappa shape index (κ3) is 4.66. The van der Waals surface area contributed by atoms with Gasteiger partial charge in [-0.15, -0.1) is 11.8 Å². The zero-order chi connectivity index (χ0) is 16.8. The zero-order valence-corrected chi connectivity index (χ0v) is 15.5. The first-order valence-electron chi connectivity index (χ1n) is 9.64. The van der Waals surface area contributed by atoms with E-state index in [-0.39, 0.29) is 23.8 Å². The Morgan fingerprint density at radius 2 is 1.71 bits per heavy atom. The lowest BCUT2D eigenvalue weighted by Crippen LogP contribution is -2.50. The molecule has 24 heavy (non-hydrogen) atoms. The van der Waals surface area contributed by atoms with Gasteiger partial charge in [0, 0.05) is 24.8 Å². The van der Waals surface area contributed by atoms with E-state index in [9.17, 15) is 9.59 Å². The van der Waals surface area contributed by atoms with Crippen LogP contribution in [-0.2, 0) is 9.59 Å². The van der Waals surface area contributed by atoms with Crippen molar-refractivity contribution >= 4 is 23.6 Å². The highest BCUT2D eigenvalue weighted by molar-refractivity contribution is 7.99. The summed E-state index contributed by atoms with van der Waals surface area (Å²) in [7, 11) is 0. The normalized spacial score (nSPS) is 26.5. The number of piperidine rings is 1. The number of hydrogen-bond donors (Lipinski definition) is 1. The van der Waals surface area contributed by atoms with Gasteiger partial charge in [0.05, 0.1) is 5.88 Å². The van der Waals surface area contributed by atoms with Gasteiger partial charge in [0.2, 0.25) is 11.8 Å². The SMILES string of the molecule is O=C(NCCN1CCCCC1)C1CSCN1C(=O)C1CCCCC1. The summed E-state index contributed by atoms with van der Waals surface area (Å²) >= 11 is 1.71. The maximum Gasteiger partial charge on any atom is 0.243 e. The summed E-state index contributed by atoms with van der Waals surface area (Å²) in [5, 5.41) is 3.07. The maximum absolute atomic E-state index is 12.8. The molecule has 136 valence electrons. The van der Waals surface area contributed by atoms with Gasteiger partial charge >= 0.3 is 0 Å². The summed E-state index contributed by atoms with van der Waals surface area (Å²) in [6, 6.07) is -0.259. The largest absolute Gasteiger partial charge is 0.353 e. The third-order valence-electron chi connectivity index (χ3n) is 5.60. The second-order valence-electron chi connectivity index (χ2n) is 7.35. The Balaban J connectivity index is 1.45. The van der Waals surface area contributed by atoms with Crippen LogP contribution in [-0.4, -0.2) is 65.5 Å². The monoisotopic (exact) mass is 353 g/mol. The molecule has 2 saturated heterocycles. The van der Waals surface area contributed by atoms with Crippen LogP contribution in [0.5, 0.6) is 0 Å². The highest BCUT2D eigenvalue weighted by Crippen LogP contribution is 2.29. The molecular formula is C18H31N3O2S. The van der Waals surface area contributed by atoms with Crippen molar-refractivity contribution in [3.63, 3.8) is 0 Å². The first kappa shape index (κ1) is 18.1. The first-order chi connectivity index (χ1) is 11.8. The minimum absolute atomic E-state index is 0.0427. The number of hydrogen-bond acceptors (Lipinski definition) is 4. The predicted molar refractivity (Wildman–Crippen MR) is 97.8 cm³/mol. The number of thioether (sulfide) groups is 1. The summed E-state index contributed by atoms with van der Waals surface area (Å²) in [6.45, 7) is 3.94. The molecule has 0 spiro atoms. The molecule has 1 N–H and O–H groups in total. The maximum atomic E-state index is 12.8. The van der Waals surface area contributed by atoms with E-state index in [4.69, 9.17) is 0 Å². The highest BCUT2D eigenvalue weighted by Gasteiger charge is 2.37. The predicted octanol–water partition coefficient (Wildman–Crippen LogP) is 2.07. The van der Waals surface area contributed by atoms with Crippen LogP contribution in [0.4, 0.5) is 0 Å². The number of amides is 2. The third-order valence-corrected chi connectivity index (χ3v) is 6.61. The van der Waals surface area contributed by atoms with Crippen molar-refractivity contribution in [1.29, 1.82) is 0 Å². The van der Waals surface area contributed by atoms with E-state index in [0.29, 0.717) is 12.4 Å². The Labute approximate surface area is 149 Å². The van der Waals surface area contributed by atoms with E-state index in [0.717, 1.165) is 51.1 Å². The molecule has 1 atom stereocenters. The van der Waals surface area contributed by atoms with Gasteiger partial charge in [-0.1, -0.05) is 25.7 Å². The molecular weight excluding hydrogens is 322 g/mol. The molecule has 5 nitrogen and oxygen atoms in total. The molecule has 0 bridgehead atoms. The van der Waals surface area contributed by atoms with Crippen LogP contribution in [0.2, 0.25) is 0 Å². The molecule has 0 aromatic heterocycles. The van der Waals surface area contributed by atoms with Crippen LogP contribution in [0, 0.1) is 5.92 Å². The van der Waals surface area contributed by atoms with E-state index in [1.54, 1.807) is 11.8 Å². The van der Waals surface area contributed by atoms with Crippen LogP contribution < -0.4 is 5.32 Å². The van der Waals surface area contributed by atoms with Crippen LogP contribution in [0.25, 0.3) is 0 Å². The second-order valence-corrected chi connectivity index (χ2v) is 8.35. The van der Waals surface area contributed by atoms with Crippen molar-refractivity contribution in [2.75, 3.05) is 37.8 Å². The van der Waals surface area contributed by atoms with Crippen molar-refractivity contribution in [2.24, 2.45) is 5.92 Å². The number of likely N-dealkylation sites (tertiary alicyclic amines) is 1. The van der Waals surface area contributed by atoms with Gasteiger partial charge in [-0.2, -0.15) is 0 Å². The Bertz CT molecular complexity index is 434. The van der Waals surface area contributed by atoms with Gasteiger partial charge in [0.15, 0.2) is 0 Å². The average molecular weight is 354 g/mol. The molecule has 6 heteroatoms. The van der Waals surface area contributed by atoms with Crippen LogP contribution in [0.1, 0.15) is 51.4 Å². The number of carbonyl (C=O) groups excluding carboxylic acids is 2. The van der Waals surface area contributed by atoms with E-state index < -0.39 is 0 Å². The molecule has 3 fully saturated rings. The Hall–Kier alpha value is -0.750. The molecule has 3 aliphatic rings. The topological polar surface area (TPSA) is 52.7 Å². The summed E-state index contributed by atoms with van der Waals surface area (Å²) in [6.07, 6.45) is 9.45. The molecule has 0 radical (unpaired) electrons. The van der Waals surface area contributed by atoms with E-state index in [1.807, 2.05) is 4.90 Å². The highest BCUT2D eigenvalue weighted by atomic mass is 32.2. The minimum atomic E-state index is -0.259. The zero-order valence-electron chi connectivity index (χ0n) is 14.7. The molecule has 2 aliphatic heterocycles. The summed E-state index contributed by atoms with van der Waals surface area (Å²) in [4.78, 5) is 29.6. The number of rotatable bonds is 5. The Kier molecular flexibility index (Phi) is 6.84. The fourth-order valence-corrected chi connectivity index (χ4v) is 5.26. The van der Waals surface area contributed by atoms with Crippen molar-refractivity contribution in [2.45, 2.75) is 57.4 Å². The van der Waals surface area contributed by atoms with Crippen LogP contribution in [0.3, 0.4) is 0 Å². The second kappa shape index (κ2) is 9.09. The van der Waals surface area contributed by atoms with Gasteiger partial charge in [0.1, 0.15) is 6.04 Å². The molecule has 3 rings (SSSR count). The van der Waals surface area contributed by atoms with Gasteiger partial charge in [-0.05, 0) is 38.8 Å². The molecule has 0 aromatic carbocycles. The van der Waals surface area contributed by atoms with Gasteiger partial charge in [-0.25, -0.2) is 0 Å². The van der Waals surface area contributed by atoms with Crippen molar-refractivity contribution in [3.8, 4) is 0 Å². The quantitative estimate of drug-likeness (QED) is 0.822. The van der Waals surface area contributed by atoms with Crippen LogP contribution in [0.15, 0.2) is 0 Å². The summed E-state index contributed by atoms with van der Waals surface area (Å²) < 4.78 is 0. The number of nitrogens with one attached hydrogen (secondary N) is 1. The van der Waals surface area contributed by atoms with Crippen molar-refractivity contribution in [3.05, 3.63) is 0 Å². The molecule has 2 amide bonds. The molecule has 2 heterocycles. The van der Waals surface area contributed by atoms with E-state index in [2.05, 4.69) is 10.2 Å². The van der Waals surface area contributed by atoms with Crippen molar-refractivity contribution < 1.29 is 9.59 Å². The smallest absolute Gasteiger partial charge is 0.243 e. The molecule has 1 unspecified atom stereocenters. The van der Waals surface area contributed by atoms with E-state index >= 15 is 0 Å². The van der Waals surface area contributed by atoms with Gasteiger partial charge < -0.3 is 15.1 Å². The van der Waals surface area contributed by atoms with Gasteiger partial charge in [0.25, 0.3) is 0 Å². The standard InChI is InChI=1S/C18H31N3O2S/c22-17(19-9-12-20-10-5-2-6-11-20)16-13-24-14-21(16)18(23)15-7-3-1-4-8-15/h15-16H,1-14H2,(H,19,22). The lowest BCUT2D eigenvalue weighted by molar-refractivity contribution is -0.142. The molecule has 1 saturated carbocycles.